The Morgan fingerprint density at radius 2 is 2.00 bits per heavy atom. The molecule has 0 aromatic heterocycles. The maximum atomic E-state index is 13.0. The van der Waals surface area contributed by atoms with Crippen LogP contribution in [0.25, 0.3) is 0 Å². The maximum absolute atomic E-state index is 13.0. The van der Waals surface area contributed by atoms with Gasteiger partial charge in [0.1, 0.15) is 5.82 Å². The first-order valence-electron chi connectivity index (χ1n) is 7.99. The number of likely N-dealkylation sites (N-methyl/N-ethyl adjacent to an activating group) is 1. The number of benzene rings is 1. The second-order valence-corrected chi connectivity index (χ2v) is 8.19. The topological polar surface area (TPSA) is 69.7 Å². The van der Waals surface area contributed by atoms with Gasteiger partial charge in [-0.15, -0.1) is 0 Å². The Kier molecular flexibility index (Phi) is 6.31. The number of nitrogens with one attached hydrogen (secondary N) is 1. The molecule has 1 aromatic carbocycles. The number of halogens is 1. The van der Waals surface area contributed by atoms with Crippen LogP contribution in [0, 0.1) is 11.7 Å². The molecule has 1 aliphatic rings. The highest BCUT2D eigenvalue weighted by Crippen LogP contribution is 2.24. The van der Waals surface area contributed by atoms with Crippen molar-refractivity contribution in [2.45, 2.75) is 17.7 Å². The Hall–Kier alpha value is -1.51. The van der Waals surface area contributed by atoms with Gasteiger partial charge < -0.3 is 10.2 Å². The summed E-state index contributed by atoms with van der Waals surface area (Å²) in [5.74, 6) is -0.947. The lowest BCUT2D eigenvalue weighted by Crippen LogP contribution is -2.46. The molecule has 1 fully saturated rings. The fourth-order valence-corrected chi connectivity index (χ4v) is 4.20. The van der Waals surface area contributed by atoms with Crippen LogP contribution in [0.15, 0.2) is 29.2 Å². The predicted octanol–water partition coefficient (Wildman–Crippen LogP) is 0.904. The minimum absolute atomic E-state index is 0.0533. The lowest BCUT2D eigenvalue weighted by Gasteiger charge is -2.31. The number of rotatable bonds is 6. The number of carbonyl (C=O) groups is 1. The molecule has 0 radical (unpaired) electrons. The third-order valence-corrected chi connectivity index (χ3v) is 5.94. The summed E-state index contributed by atoms with van der Waals surface area (Å²) in [6.07, 6.45) is 1.30. The maximum Gasteiger partial charge on any atom is 0.243 e. The molecule has 1 aromatic rings. The molecule has 8 heteroatoms. The molecule has 6 nitrogen and oxygen atoms in total. The van der Waals surface area contributed by atoms with Gasteiger partial charge in [0, 0.05) is 26.2 Å². The molecule has 134 valence electrons. The van der Waals surface area contributed by atoms with Crippen molar-refractivity contribution >= 4 is 15.9 Å². The number of piperidine rings is 1. The lowest BCUT2D eigenvalue weighted by molar-refractivity contribution is -0.126. The number of carbonyl (C=O) groups excluding carboxylic acids is 1. The molecule has 2 rings (SSSR count). The fourth-order valence-electron chi connectivity index (χ4n) is 2.68. The van der Waals surface area contributed by atoms with Gasteiger partial charge in [-0.25, -0.2) is 12.8 Å². The summed E-state index contributed by atoms with van der Waals surface area (Å²) < 4.78 is 39.6. The summed E-state index contributed by atoms with van der Waals surface area (Å²) in [6, 6.07) is 4.77. The Morgan fingerprint density at radius 1 is 1.33 bits per heavy atom. The van der Waals surface area contributed by atoms with E-state index in [-0.39, 0.29) is 23.3 Å². The van der Waals surface area contributed by atoms with E-state index in [0.717, 1.165) is 18.7 Å². The third-order valence-electron chi connectivity index (χ3n) is 4.06. The summed E-state index contributed by atoms with van der Waals surface area (Å²) in [5.41, 5.74) is 0. The summed E-state index contributed by atoms with van der Waals surface area (Å²) in [7, 11) is 0.140. The van der Waals surface area contributed by atoms with Crippen LogP contribution in [0.2, 0.25) is 0 Å². The molecule has 1 heterocycles. The molecule has 1 saturated heterocycles. The number of sulfonamides is 1. The molecule has 0 bridgehead atoms. The number of hydrogen-bond acceptors (Lipinski definition) is 4. The molecule has 0 saturated carbocycles. The largest absolute Gasteiger partial charge is 0.355 e. The van der Waals surface area contributed by atoms with E-state index in [9.17, 15) is 17.6 Å². The molecule has 0 spiro atoms. The van der Waals surface area contributed by atoms with Gasteiger partial charge in [0.15, 0.2) is 0 Å². The molecule has 0 unspecified atom stereocenters. The number of nitrogens with zero attached hydrogens (tertiary/aromatic N) is 2. The van der Waals surface area contributed by atoms with E-state index in [4.69, 9.17) is 0 Å². The zero-order valence-corrected chi connectivity index (χ0v) is 14.9. The first-order chi connectivity index (χ1) is 11.3. The normalized spacial score (nSPS) is 19.4. The Bertz CT molecular complexity index is 662. The van der Waals surface area contributed by atoms with Crippen molar-refractivity contribution in [3.8, 4) is 0 Å². The quantitative estimate of drug-likeness (QED) is 0.821. The minimum Gasteiger partial charge on any atom is -0.355 e. The molecular weight excluding hydrogens is 333 g/mol. The summed E-state index contributed by atoms with van der Waals surface area (Å²) in [4.78, 5) is 14.3. The van der Waals surface area contributed by atoms with Gasteiger partial charge >= 0.3 is 0 Å². The van der Waals surface area contributed by atoms with Gasteiger partial charge in [0.05, 0.1) is 10.8 Å². The zero-order chi connectivity index (χ0) is 17.7. The Labute approximate surface area is 142 Å². The van der Waals surface area contributed by atoms with E-state index in [1.165, 1.54) is 16.4 Å². The Balaban J connectivity index is 2.01. The SMILES string of the molecule is CN(C)CCNC(=O)[C@@H]1CCCN(S(=O)(=O)c2ccc(F)cc2)C1. The molecule has 1 amide bonds. The van der Waals surface area contributed by atoms with E-state index in [2.05, 4.69) is 5.32 Å². The zero-order valence-electron chi connectivity index (χ0n) is 14.0. The predicted molar refractivity (Wildman–Crippen MR) is 89.4 cm³/mol. The third kappa shape index (κ3) is 4.75. The van der Waals surface area contributed by atoms with Gasteiger partial charge in [-0.3, -0.25) is 4.79 Å². The van der Waals surface area contributed by atoms with Crippen LogP contribution < -0.4 is 5.32 Å². The standard InChI is InChI=1S/C16H24FN3O3S/c1-19(2)11-9-18-16(21)13-4-3-10-20(12-13)24(22,23)15-7-5-14(17)6-8-15/h5-8,13H,3-4,9-12H2,1-2H3,(H,18,21)/t13-/m1/s1. The summed E-state index contributed by atoms with van der Waals surface area (Å²) in [6.45, 7) is 1.80. The molecule has 24 heavy (non-hydrogen) atoms. The van der Waals surface area contributed by atoms with Gasteiger partial charge in [0.25, 0.3) is 0 Å². The molecule has 0 aliphatic carbocycles. The lowest BCUT2D eigenvalue weighted by atomic mass is 9.99. The second-order valence-electron chi connectivity index (χ2n) is 6.25. The van der Waals surface area contributed by atoms with Crippen LogP contribution in [0.3, 0.4) is 0 Å². The van der Waals surface area contributed by atoms with Gasteiger partial charge in [-0.1, -0.05) is 0 Å². The van der Waals surface area contributed by atoms with Crippen molar-refractivity contribution in [2.75, 3.05) is 40.3 Å². The highest BCUT2D eigenvalue weighted by Gasteiger charge is 2.33. The van der Waals surface area contributed by atoms with Crippen LogP contribution in [0.5, 0.6) is 0 Å². The number of hydrogen-bond donors (Lipinski definition) is 1. The first kappa shape index (κ1) is 18.8. The molecule has 1 atom stereocenters. The van der Waals surface area contributed by atoms with Gasteiger partial charge in [0.2, 0.25) is 15.9 Å². The average Bonchev–Trinajstić information content (AvgIpc) is 2.55. The fraction of sp³-hybridized carbons (Fsp3) is 0.562. The highest BCUT2D eigenvalue weighted by atomic mass is 32.2. The van der Waals surface area contributed by atoms with E-state index >= 15 is 0 Å². The van der Waals surface area contributed by atoms with Crippen LogP contribution in [0.1, 0.15) is 12.8 Å². The average molecular weight is 357 g/mol. The molecular formula is C16H24FN3O3S. The van der Waals surface area contributed by atoms with Crippen molar-refractivity contribution in [1.82, 2.24) is 14.5 Å². The van der Waals surface area contributed by atoms with Crippen molar-refractivity contribution in [2.24, 2.45) is 5.92 Å². The van der Waals surface area contributed by atoms with Crippen molar-refractivity contribution in [3.63, 3.8) is 0 Å². The van der Waals surface area contributed by atoms with Gasteiger partial charge in [-0.2, -0.15) is 4.31 Å². The summed E-state index contributed by atoms with van der Waals surface area (Å²) in [5, 5.41) is 2.85. The van der Waals surface area contributed by atoms with E-state index in [1.807, 2.05) is 19.0 Å². The first-order valence-corrected chi connectivity index (χ1v) is 9.43. The molecule has 1 aliphatic heterocycles. The number of amides is 1. The van der Waals surface area contributed by atoms with Crippen LogP contribution in [-0.2, 0) is 14.8 Å². The monoisotopic (exact) mass is 357 g/mol. The minimum atomic E-state index is -3.70. The van der Waals surface area contributed by atoms with Crippen LogP contribution in [-0.4, -0.2) is 63.8 Å². The Morgan fingerprint density at radius 3 is 2.62 bits per heavy atom. The second kappa shape index (κ2) is 8.04. The van der Waals surface area contributed by atoms with Crippen LogP contribution >= 0.6 is 0 Å². The smallest absolute Gasteiger partial charge is 0.243 e. The van der Waals surface area contributed by atoms with Crippen molar-refractivity contribution < 1.29 is 17.6 Å². The van der Waals surface area contributed by atoms with E-state index in [0.29, 0.717) is 25.9 Å². The van der Waals surface area contributed by atoms with Crippen molar-refractivity contribution in [1.29, 1.82) is 0 Å². The summed E-state index contributed by atoms with van der Waals surface area (Å²) >= 11 is 0. The van der Waals surface area contributed by atoms with Gasteiger partial charge in [-0.05, 0) is 51.2 Å². The van der Waals surface area contributed by atoms with Crippen LogP contribution in [0.4, 0.5) is 4.39 Å². The van der Waals surface area contributed by atoms with E-state index < -0.39 is 15.8 Å². The highest BCUT2D eigenvalue weighted by molar-refractivity contribution is 7.89. The van der Waals surface area contributed by atoms with Crippen molar-refractivity contribution in [3.05, 3.63) is 30.1 Å². The molecule has 1 N–H and O–H groups in total. The van der Waals surface area contributed by atoms with E-state index in [1.54, 1.807) is 0 Å².